The smallest absolute Gasteiger partial charge is 0.0713 e. The molecule has 0 radical (unpaired) electrons. The zero-order valence-electron chi connectivity index (χ0n) is 10.1. The Kier molecular flexibility index (Phi) is 3.38. The Morgan fingerprint density at radius 2 is 1.16 bits per heavy atom. The summed E-state index contributed by atoms with van der Waals surface area (Å²) in [4.78, 5) is 8.79. The summed E-state index contributed by atoms with van der Waals surface area (Å²) in [5.74, 6) is 0. The summed E-state index contributed by atoms with van der Waals surface area (Å²) < 4.78 is 1.02. The van der Waals surface area contributed by atoms with E-state index in [1.165, 1.54) is 0 Å². The number of pyridine rings is 2. The Balaban J connectivity index is 2.15. The van der Waals surface area contributed by atoms with Crippen LogP contribution in [0.5, 0.6) is 0 Å². The predicted molar refractivity (Wildman–Crippen MR) is 80.6 cm³/mol. The second-order valence-corrected chi connectivity index (χ2v) is 4.89. The lowest BCUT2D eigenvalue weighted by molar-refractivity contribution is 1.30. The van der Waals surface area contributed by atoms with E-state index >= 15 is 0 Å². The van der Waals surface area contributed by atoms with Crippen LogP contribution in [0, 0.1) is 0 Å². The second-order valence-electron chi connectivity index (χ2n) is 4.10. The van der Waals surface area contributed by atoms with Crippen molar-refractivity contribution in [1.82, 2.24) is 9.97 Å². The van der Waals surface area contributed by atoms with Crippen LogP contribution in [0.3, 0.4) is 0 Å². The molecule has 0 aliphatic carbocycles. The van der Waals surface area contributed by atoms with Crippen LogP contribution >= 0.6 is 15.9 Å². The molecule has 0 amide bonds. The molecule has 0 bridgehead atoms. The van der Waals surface area contributed by atoms with Crippen molar-refractivity contribution in [2.45, 2.75) is 0 Å². The number of nitrogens with zero attached hydrogens (tertiary/aromatic N) is 2. The average molecular weight is 311 g/mol. The third-order valence-corrected chi connectivity index (χ3v) is 3.73. The van der Waals surface area contributed by atoms with Crippen molar-refractivity contribution in [1.29, 1.82) is 0 Å². The molecule has 2 aromatic heterocycles. The van der Waals surface area contributed by atoms with Crippen LogP contribution < -0.4 is 0 Å². The Morgan fingerprint density at radius 3 is 1.58 bits per heavy atom. The largest absolute Gasteiger partial charge is 0.256 e. The highest BCUT2D eigenvalue weighted by atomic mass is 79.9. The molecule has 3 aromatic rings. The van der Waals surface area contributed by atoms with Crippen LogP contribution in [0.15, 0.2) is 71.5 Å². The lowest BCUT2D eigenvalue weighted by atomic mass is 10.0. The molecule has 0 aliphatic rings. The first-order valence-corrected chi connectivity index (χ1v) is 6.77. The van der Waals surface area contributed by atoms with Crippen LogP contribution in [0.2, 0.25) is 0 Å². The number of hydrogen-bond acceptors (Lipinski definition) is 2. The van der Waals surface area contributed by atoms with Crippen molar-refractivity contribution in [3.63, 3.8) is 0 Å². The maximum atomic E-state index is 4.39. The first-order valence-electron chi connectivity index (χ1n) is 5.97. The quantitative estimate of drug-likeness (QED) is 0.692. The molecule has 0 atom stereocenters. The van der Waals surface area contributed by atoms with E-state index in [4.69, 9.17) is 0 Å². The van der Waals surface area contributed by atoms with Gasteiger partial charge >= 0.3 is 0 Å². The van der Waals surface area contributed by atoms with Gasteiger partial charge in [0.05, 0.1) is 11.4 Å². The van der Waals surface area contributed by atoms with E-state index in [-0.39, 0.29) is 0 Å². The second kappa shape index (κ2) is 5.33. The summed E-state index contributed by atoms with van der Waals surface area (Å²) in [6, 6.07) is 17.9. The van der Waals surface area contributed by atoms with E-state index in [1.54, 1.807) is 12.4 Å². The molecule has 2 nitrogen and oxygen atoms in total. The number of aromatic nitrogens is 2. The summed E-state index contributed by atoms with van der Waals surface area (Å²) in [5, 5.41) is 0. The van der Waals surface area contributed by atoms with Crippen LogP contribution in [-0.4, -0.2) is 9.97 Å². The molecular weight excluding hydrogens is 300 g/mol. The summed E-state index contributed by atoms with van der Waals surface area (Å²) in [5.41, 5.74) is 4.05. The minimum absolute atomic E-state index is 0.951. The highest BCUT2D eigenvalue weighted by molar-refractivity contribution is 9.10. The third-order valence-electron chi connectivity index (χ3n) is 2.88. The van der Waals surface area contributed by atoms with Gasteiger partial charge in [-0.3, -0.25) is 9.97 Å². The SMILES string of the molecule is Brc1c(-c2ccccn2)cccc1-c1ccccn1. The van der Waals surface area contributed by atoms with Gasteiger partial charge in [0.2, 0.25) is 0 Å². The topological polar surface area (TPSA) is 25.8 Å². The van der Waals surface area contributed by atoms with E-state index in [1.807, 2.05) is 42.5 Å². The van der Waals surface area contributed by atoms with Crippen LogP contribution in [-0.2, 0) is 0 Å². The summed E-state index contributed by atoms with van der Waals surface area (Å²) in [6.45, 7) is 0. The monoisotopic (exact) mass is 310 g/mol. The van der Waals surface area contributed by atoms with Gasteiger partial charge in [-0.15, -0.1) is 0 Å². The fourth-order valence-electron chi connectivity index (χ4n) is 1.97. The van der Waals surface area contributed by atoms with Crippen LogP contribution in [0.4, 0.5) is 0 Å². The molecule has 2 heterocycles. The van der Waals surface area contributed by atoms with Crippen molar-refractivity contribution in [3.05, 3.63) is 71.5 Å². The van der Waals surface area contributed by atoms with Crippen molar-refractivity contribution in [2.24, 2.45) is 0 Å². The van der Waals surface area contributed by atoms with Gasteiger partial charge in [-0.25, -0.2) is 0 Å². The number of hydrogen-bond donors (Lipinski definition) is 0. The van der Waals surface area contributed by atoms with E-state index in [0.717, 1.165) is 27.0 Å². The number of halogens is 1. The van der Waals surface area contributed by atoms with Crippen LogP contribution in [0.25, 0.3) is 22.5 Å². The first kappa shape index (κ1) is 12.1. The summed E-state index contributed by atoms with van der Waals surface area (Å²) in [6.07, 6.45) is 3.60. The minimum atomic E-state index is 0.951. The highest BCUT2D eigenvalue weighted by Crippen LogP contribution is 2.34. The molecule has 0 unspecified atom stereocenters. The zero-order valence-corrected chi connectivity index (χ0v) is 11.7. The van der Waals surface area contributed by atoms with Crippen LogP contribution in [0.1, 0.15) is 0 Å². The van der Waals surface area contributed by atoms with Gasteiger partial charge in [0.25, 0.3) is 0 Å². The van der Waals surface area contributed by atoms with Gasteiger partial charge in [0, 0.05) is 28.0 Å². The highest BCUT2D eigenvalue weighted by Gasteiger charge is 2.10. The Morgan fingerprint density at radius 1 is 0.632 bits per heavy atom. The first-order chi connectivity index (χ1) is 9.36. The molecule has 0 aliphatic heterocycles. The third kappa shape index (κ3) is 2.42. The number of rotatable bonds is 2. The molecule has 1 aromatic carbocycles. The molecular formula is C16H11BrN2. The van der Waals surface area contributed by atoms with Gasteiger partial charge in [-0.2, -0.15) is 0 Å². The predicted octanol–water partition coefficient (Wildman–Crippen LogP) is 4.57. The molecule has 3 rings (SSSR count). The molecule has 3 heteroatoms. The summed E-state index contributed by atoms with van der Waals surface area (Å²) >= 11 is 3.67. The van der Waals surface area contributed by atoms with Crippen molar-refractivity contribution in [3.8, 4) is 22.5 Å². The fraction of sp³-hybridized carbons (Fsp3) is 0. The van der Waals surface area contributed by atoms with Gasteiger partial charge in [-0.05, 0) is 40.2 Å². The Bertz CT molecular complexity index is 624. The average Bonchev–Trinajstić information content (AvgIpc) is 2.49. The van der Waals surface area contributed by atoms with Gasteiger partial charge in [0.15, 0.2) is 0 Å². The zero-order chi connectivity index (χ0) is 13.1. The molecule has 19 heavy (non-hydrogen) atoms. The maximum absolute atomic E-state index is 4.39. The molecule has 0 saturated carbocycles. The van der Waals surface area contributed by atoms with Crippen molar-refractivity contribution in [2.75, 3.05) is 0 Å². The molecule has 0 fully saturated rings. The van der Waals surface area contributed by atoms with E-state index in [0.29, 0.717) is 0 Å². The minimum Gasteiger partial charge on any atom is -0.256 e. The van der Waals surface area contributed by atoms with Crippen molar-refractivity contribution >= 4 is 15.9 Å². The molecule has 0 N–H and O–H groups in total. The van der Waals surface area contributed by atoms with Gasteiger partial charge < -0.3 is 0 Å². The van der Waals surface area contributed by atoms with Crippen molar-refractivity contribution < 1.29 is 0 Å². The molecule has 0 saturated heterocycles. The van der Waals surface area contributed by atoms with E-state index in [9.17, 15) is 0 Å². The summed E-state index contributed by atoms with van der Waals surface area (Å²) in [7, 11) is 0. The normalized spacial score (nSPS) is 10.4. The standard InChI is InChI=1S/C16H11BrN2/c17-16-12(14-8-1-3-10-18-14)6-5-7-13(16)15-9-2-4-11-19-15/h1-11H. The Hall–Kier alpha value is -2.00. The molecule has 0 spiro atoms. The van der Waals surface area contributed by atoms with Gasteiger partial charge in [0.1, 0.15) is 0 Å². The van der Waals surface area contributed by atoms with Gasteiger partial charge in [-0.1, -0.05) is 30.3 Å². The number of benzene rings is 1. The van der Waals surface area contributed by atoms with E-state index < -0.39 is 0 Å². The maximum Gasteiger partial charge on any atom is 0.0713 e. The Labute approximate surface area is 120 Å². The lowest BCUT2D eigenvalue weighted by Crippen LogP contribution is -1.88. The lowest BCUT2D eigenvalue weighted by Gasteiger charge is -2.09. The van der Waals surface area contributed by atoms with E-state index in [2.05, 4.69) is 38.0 Å². The fourth-order valence-corrected chi connectivity index (χ4v) is 2.64. The molecule has 92 valence electrons.